The molecule has 2 nitrogen and oxygen atoms in total. The Morgan fingerprint density at radius 2 is 1.72 bits per heavy atom. The van der Waals surface area contributed by atoms with Crippen molar-refractivity contribution in [2.24, 2.45) is 11.7 Å². The Labute approximate surface area is 108 Å². The van der Waals surface area contributed by atoms with Gasteiger partial charge in [-0.2, -0.15) is 0 Å². The highest BCUT2D eigenvalue weighted by Gasteiger charge is 2.13. The molecule has 0 aliphatic carbocycles. The van der Waals surface area contributed by atoms with Crippen molar-refractivity contribution in [1.29, 1.82) is 0 Å². The number of aliphatic hydroxyl groups excluding tert-OH is 1. The summed E-state index contributed by atoms with van der Waals surface area (Å²) in [5.41, 5.74) is 7.90. The van der Waals surface area contributed by atoms with Crippen molar-refractivity contribution in [1.82, 2.24) is 0 Å². The van der Waals surface area contributed by atoms with Crippen LogP contribution < -0.4 is 5.73 Å². The first-order chi connectivity index (χ1) is 8.63. The van der Waals surface area contributed by atoms with Gasteiger partial charge in [-0.15, -0.1) is 0 Å². The summed E-state index contributed by atoms with van der Waals surface area (Å²) in [7, 11) is 0. The molecule has 0 aromatic heterocycles. The molecule has 0 aliphatic rings. The molecule has 0 saturated carbocycles. The van der Waals surface area contributed by atoms with Gasteiger partial charge in [0.05, 0.1) is 6.10 Å². The Balaban J connectivity index is 2.52. The van der Waals surface area contributed by atoms with E-state index < -0.39 is 6.10 Å². The van der Waals surface area contributed by atoms with Crippen LogP contribution in [0.5, 0.6) is 0 Å². The molecule has 2 aromatic rings. The van der Waals surface area contributed by atoms with Gasteiger partial charge < -0.3 is 10.8 Å². The van der Waals surface area contributed by atoms with Crippen molar-refractivity contribution >= 4 is 10.8 Å². The van der Waals surface area contributed by atoms with Crippen LogP contribution in [0.15, 0.2) is 36.4 Å². The second kappa shape index (κ2) is 5.51. The third-order valence-electron chi connectivity index (χ3n) is 3.32. The number of hydrogen-bond acceptors (Lipinski definition) is 2. The van der Waals surface area contributed by atoms with Crippen molar-refractivity contribution < 1.29 is 5.11 Å². The zero-order valence-electron chi connectivity index (χ0n) is 11.1. The molecular formula is C16H21NO. The number of fused-ring (bicyclic) bond motifs is 1. The first-order valence-electron chi connectivity index (χ1n) is 6.52. The predicted octanol–water partition coefficient (Wildman–Crippen LogP) is 3.38. The third-order valence-corrected chi connectivity index (χ3v) is 3.32. The number of hydrogen-bond donors (Lipinski definition) is 2. The molecule has 0 radical (unpaired) electrons. The lowest BCUT2D eigenvalue weighted by Crippen LogP contribution is -2.04. The first-order valence-corrected chi connectivity index (χ1v) is 6.52. The zero-order chi connectivity index (χ0) is 13.1. The van der Waals surface area contributed by atoms with Crippen LogP contribution in [-0.4, -0.2) is 5.11 Å². The van der Waals surface area contributed by atoms with Crippen LogP contribution in [0.1, 0.15) is 37.5 Å². The van der Waals surface area contributed by atoms with Crippen LogP contribution in [-0.2, 0) is 6.54 Å². The topological polar surface area (TPSA) is 46.2 Å². The lowest BCUT2D eigenvalue weighted by molar-refractivity contribution is 0.152. The molecule has 3 N–H and O–H groups in total. The average molecular weight is 243 g/mol. The molecule has 0 heterocycles. The van der Waals surface area contributed by atoms with Gasteiger partial charge in [-0.1, -0.05) is 50.2 Å². The quantitative estimate of drug-likeness (QED) is 0.864. The molecule has 0 amide bonds. The molecule has 0 aliphatic heterocycles. The first kappa shape index (κ1) is 13.1. The largest absolute Gasteiger partial charge is 0.388 e. The maximum atomic E-state index is 10.3. The van der Waals surface area contributed by atoms with E-state index in [1.807, 2.05) is 24.3 Å². The number of nitrogens with two attached hydrogens (primary N) is 1. The van der Waals surface area contributed by atoms with E-state index in [1.165, 1.54) is 0 Å². The Kier molecular flexibility index (Phi) is 4.00. The molecule has 0 spiro atoms. The molecule has 2 heteroatoms. The zero-order valence-corrected chi connectivity index (χ0v) is 11.1. The summed E-state index contributed by atoms with van der Waals surface area (Å²) in [5, 5.41) is 12.6. The number of benzene rings is 2. The molecule has 96 valence electrons. The van der Waals surface area contributed by atoms with Crippen molar-refractivity contribution in [3.05, 3.63) is 47.5 Å². The maximum Gasteiger partial charge on any atom is 0.0798 e. The van der Waals surface area contributed by atoms with Gasteiger partial charge in [-0.25, -0.2) is 0 Å². The third kappa shape index (κ3) is 2.55. The second-order valence-electron chi connectivity index (χ2n) is 5.21. The van der Waals surface area contributed by atoms with Crippen molar-refractivity contribution in [2.75, 3.05) is 0 Å². The van der Waals surface area contributed by atoms with Gasteiger partial charge in [0.25, 0.3) is 0 Å². The lowest BCUT2D eigenvalue weighted by Gasteiger charge is -2.17. The summed E-state index contributed by atoms with van der Waals surface area (Å²) >= 11 is 0. The van der Waals surface area contributed by atoms with E-state index in [4.69, 9.17) is 5.73 Å². The summed E-state index contributed by atoms with van der Waals surface area (Å²) in [6.07, 6.45) is 0.383. The van der Waals surface area contributed by atoms with Gasteiger partial charge in [-0.3, -0.25) is 0 Å². The monoisotopic (exact) mass is 243 g/mol. The fourth-order valence-corrected chi connectivity index (χ4v) is 2.43. The molecule has 0 bridgehead atoms. The van der Waals surface area contributed by atoms with Gasteiger partial charge in [-0.05, 0) is 34.2 Å². The van der Waals surface area contributed by atoms with Crippen LogP contribution in [0.25, 0.3) is 10.8 Å². The maximum absolute atomic E-state index is 10.3. The van der Waals surface area contributed by atoms with E-state index in [1.54, 1.807) is 0 Å². The van der Waals surface area contributed by atoms with E-state index in [2.05, 4.69) is 26.0 Å². The molecule has 2 aromatic carbocycles. The van der Waals surface area contributed by atoms with E-state index in [0.717, 1.165) is 28.3 Å². The summed E-state index contributed by atoms with van der Waals surface area (Å²) in [6, 6.07) is 12.2. The van der Waals surface area contributed by atoms with Gasteiger partial charge in [0, 0.05) is 6.54 Å². The molecule has 18 heavy (non-hydrogen) atoms. The number of aliphatic hydroxyl groups is 1. The fraction of sp³-hybridized carbons (Fsp3) is 0.375. The van der Waals surface area contributed by atoms with Crippen LogP contribution in [0.4, 0.5) is 0 Å². The highest BCUT2D eigenvalue weighted by atomic mass is 16.3. The SMILES string of the molecule is CC(C)CC(O)c1ccc(CN)c2ccccc12. The van der Waals surface area contributed by atoms with Gasteiger partial charge in [0.2, 0.25) is 0 Å². The van der Waals surface area contributed by atoms with E-state index in [9.17, 15) is 5.11 Å². The minimum absolute atomic E-state index is 0.401. The summed E-state index contributed by atoms with van der Waals surface area (Å²) in [4.78, 5) is 0. The summed E-state index contributed by atoms with van der Waals surface area (Å²) in [5.74, 6) is 0.480. The van der Waals surface area contributed by atoms with Crippen LogP contribution >= 0.6 is 0 Å². The molecule has 2 rings (SSSR count). The summed E-state index contributed by atoms with van der Waals surface area (Å²) in [6.45, 7) is 4.78. The number of rotatable bonds is 4. The minimum atomic E-state index is -0.401. The summed E-state index contributed by atoms with van der Waals surface area (Å²) < 4.78 is 0. The molecule has 1 atom stereocenters. The predicted molar refractivity (Wildman–Crippen MR) is 76.3 cm³/mol. The van der Waals surface area contributed by atoms with Crippen LogP contribution in [0.2, 0.25) is 0 Å². The Hall–Kier alpha value is -1.38. The lowest BCUT2D eigenvalue weighted by atomic mass is 9.93. The van der Waals surface area contributed by atoms with Gasteiger partial charge >= 0.3 is 0 Å². The van der Waals surface area contributed by atoms with E-state index in [0.29, 0.717) is 12.5 Å². The van der Waals surface area contributed by atoms with E-state index in [-0.39, 0.29) is 0 Å². The molecule has 1 unspecified atom stereocenters. The van der Waals surface area contributed by atoms with Gasteiger partial charge in [0.1, 0.15) is 0 Å². The van der Waals surface area contributed by atoms with Gasteiger partial charge in [0.15, 0.2) is 0 Å². The Morgan fingerprint density at radius 1 is 1.06 bits per heavy atom. The van der Waals surface area contributed by atoms with Crippen LogP contribution in [0, 0.1) is 5.92 Å². The highest BCUT2D eigenvalue weighted by molar-refractivity contribution is 5.89. The van der Waals surface area contributed by atoms with Crippen LogP contribution in [0.3, 0.4) is 0 Å². The minimum Gasteiger partial charge on any atom is -0.388 e. The smallest absolute Gasteiger partial charge is 0.0798 e. The average Bonchev–Trinajstić information content (AvgIpc) is 2.36. The Bertz CT molecular complexity index is 534. The molecule has 0 saturated heterocycles. The standard InChI is InChI=1S/C16H21NO/c1-11(2)9-16(18)15-8-7-12(10-17)13-5-3-4-6-14(13)15/h3-8,11,16,18H,9-10,17H2,1-2H3. The van der Waals surface area contributed by atoms with Crippen molar-refractivity contribution in [3.63, 3.8) is 0 Å². The second-order valence-corrected chi connectivity index (χ2v) is 5.21. The van der Waals surface area contributed by atoms with E-state index >= 15 is 0 Å². The van der Waals surface area contributed by atoms with Crippen molar-refractivity contribution in [2.45, 2.75) is 32.9 Å². The highest BCUT2D eigenvalue weighted by Crippen LogP contribution is 2.30. The fourth-order valence-electron chi connectivity index (χ4n) is 2.43. The Morgan fingerprint density at radius 3 is 2.33 bits per heavy atom. The van der Waals surface area contributed by atoms with Crippen molar-refractivity contribution in [3.8, 4) is 0 Å². The molecule has 0 fully saturated rings. The molecular weight excluding hydrogens is 222 g/mol. The normalized spacial score (nSPS) is 13.2.